The quantitative estimate of drug-likeness (QED) is 0.0531. The van der Waals surface area contributed by atoms with Crippen LogP contribution < -0.4 is 0 Å². The van der Waals surface area contributed by atoms with Gasteiger partial charge in [-0.15, -0.1) is 0 Å². The minimum Gasteiger partial charge on any atom is -0.0928 e. The summed E-state index contributed by atoms with van der Waals surface area (Å²) in [5.74, 6) is 1.01. The van der Waals surface area contributed by atoms with Gasteiger partial charge in [0.15, 0.2) is 0 Å². The molecule has 0 N–H and O–H groups in total. The Balaban J connectivity index is 3.46. The van der Waals surface area contributed by atoms with Crippen molar-refractivity contribution in [2.24, 2.45) is 5.92 Å². The molecule has 0 saturated carbocycles. The normalized spacial score (nSPS) is 11.7. The monoisotopic (exact) mass is 584 g/mol. The van der Waals surface area contributed by atoms with E-state index in [-0.39, 0.29) is 0 Å². The molecular weight excluding hydrogens is 512 g/mol. The highest BCUT2D eigenvalue weighted by Gasteiger charge is 2.08. The molecule has 224 valence electrons. The topological polar surface area (TPSA) is 0 Å². The number of unbranched alkanes of at least 4 members (excludes halogenated alkanes) is 26. The Morgan fingerprint density at radius 2 is 0.514 bits per heavy atom. The highest BCUT2D eigenvalue weighted by Crippen LogP contribution is 2.24. The van der Waals surface area contributed by atoms with Gasteiger partial charge in [-0.25, -0.2) is 0 Å². The van der Waals surface area contributed by atoms with E-state index < -0.39 is 0 Å². The van der Waals surface area contributed by atoms with Gasteiger partial charge < -0.3 is 0 Å². The molecule has 0 aliphatic heterocycles. The molecule has 0 aromatic carbocycles. The zero-order valence-electron chi connectivity index (χ0n) is 26.3. The van der Waals surface area contributed by atoms with Crippen LogP contribution in [0.15, 0.2) is 0 Å². The Hall–Kier alpha value is 0.480. The second-order valence-corrected chi connectivity index (χ2v) is 13.3. The fourth-order valence-electron chi connectivity index (χ4n) is 6.05. The SMILES string of the molecule is CCCCCCCCCCCCCCCCC(CCCBr)CCCCCCCCCCCCCCCC. The molecule has 0 rings (SSSR count). The zero-order chi connectivity index (χ0) is 26.9. The molecule has 0 amide bonds. The Bertz CT molecular complexity index is 347. The van der Waals surface area contributed by atoms with Crippen molar-refractivity contribution >= 4 is 15.9 Å². The molecule has 0 saturated heterocycles. The molecule has 0 unspecified atom stereocenters. The third kappa shape index (κ3) is 32.6. The summed E-state index contributed by atoms with van der Waals surface area (Å²) in [4.78, 5) is 0. The summed E-state index contributed by atoms with van der Waals surface area (Å²) in [5.41, 5.74) is 0. The van der Waals surface area contributed by atoms with Crippen LogP contribution in [-0.4, -0.2) is 5.33 Å². The number of hydrogen-bond donors (Lipinski definition) is 0. The van der Waals surface area contributed by atoms with E-state index in [1.165, 1.54) is 211 Å². The van der Waals surface area contributed by atoms with Crippen molar-refractivity contribution < 1.29 is 0 Å². The second kappa shape index (κ2) is 34.5. The zero-order valence-corrected chi connectivity index (χ0v) is 27.9. The summed E-state index contributed by atoms with van der Waals surface area (Å²) >= 11 is 3.67. The lowest BCUT2D eigenvalue weighted by atomic mass is 9.90. The van der Waals surface area contributed by atoms with Crippen LogP contribution in [0.3, 0.4) is 0 Å². The summed E-state index contributed by atoms with van der Waals surface area (Å²) in [6.45, 7) is 4.62. The van der Waals surface area contributed by atoms with E-state index in [9.17, 15) is 0 Å². The number of alkyl halides is 1. The maximum atomic E-state index is 3.67. The van der Waals surface area contributed by atoms with E-state index in [0.29, 0.717) is 0 Å². The molecule has 0 nitrogen and oxygen atoms in total. The molecule has 37 heavy (non-hydrogen) atoms. The first kappa shape index (κ1) is 37.5. The maximum Gasteiger partial charge on any atom is 0.00314 e. The molecule has 0 spiro atoms. The molecule has 0 aliphatic rings. The van der Waals surface area contributed by atoms with Crippen molar-refractivity contribution in [1.29, 1.82) is 0 Å². The third-order valence-electron chi connectivity index (χ3n) is 8.68. The standard InChI is InChI=1S/C36H73Br/c1-3-5-7-9-11-13-15-17-19-21-23-25-27-29-32-36(34-31-35-37)33-30-28-26-24-22-20-18-16-14-12-10-8-6-4-2/h36H,3-35H2,1-2H3. The largest absolute Gasteiger partial charge is 0.0928 e. The van der Waals surface area contributed by atoms with Crippen LogP contribution in [0, 0.1) is 5.92 Å². The third-order valence-corrected chi connectivity index (χ3v) is 9.24. The lowest BCUT2D eigenvalue weighted by Crippen LogP contribution is -2.02. The van der Waals surface area contributed by atoms with Gasteiger partial charge in [0.2, 0.25) is 0 Å². The van der Waals surface area contributed by atoms with Crippen LogP contribution in [0.4, 0.5) is 0 Å². The molecule has 0 aromatic rings. The molecule has 0 heterocycles. The molecule has 0 atom stereocenters. The van der Waals surface area contributed by atoms with Gasteiger partial charge in [0.05, 0.1) is 0 Å². The van der Waals surface area contributed by atoms with Crippen LogP contribution in [0.25, 0.3) is 0 Å². The first-order valence-electron chi connectivity index (χ1n) is 17.9. The number of halogens is 1. The van der Waals surface area contributed by atoms with Gasteiger partial charge in [-0.05, 0) is 18.8 Å². The number of hydrogen-bond acceptors (Lipinski definition) is 0. The average molecular weight is 586 g/mol. The Morgan fingerprint density at radius 1 is 0.297 bits per heavy atom. The van der Waals surface area contributed by atoms with Crippen LogP contribution in [0.2, 0.25) is 0 Å². The van der Waals surface area contributed by atoms with Gasteiger partial charge >= 0.3 is 0 Å². The first-order chi connectivity index (χ1) is 18.3. The fraction of sp³-hybridized carbons (Fsp3) is 1.00. The van der Waals surface area contributed by atoms with Gasteiger partial charge in [-0.3, -0.25) is 0 Å². The predicted molar refractivity (Wildman–Crippen MR) is 176 cm³/mol. The predicted octanol–water partition coefficient (Wildman–Crippen LogP) is 14.5. The lowest BCUT2D eigenvalue weighted by molar-refractivity contribution is 0.378. The fourth-order valence-corrected chi connectivity index (χ4v) is 6.38. The van der Waals surface area contributed by atoms with Gasteiger partial charge in [-0.1, -0.05) is 222 Å². The molecule has 0 fully saturated rings. The summed E-state index contributed by atoms with van der Waals surface area (Å²) in [6, 6.07) is 0. The van der Waals surface area contributed by atoms with Gasteiger partial charge in [-0.2, -0.15) is 0 Å². The highest BCUT2D eigenvalue weighted by atomic mass is 79.9. The molecular formula is C36H73Br. The molecule has 0 bridgehead atoms. The van der Waals surface area contributed by atoms with E-state index >= 15 is 0 Å². The lowest BCUT2D eigenvalue weighted by Gasteiger charge is -2.16. The summed E-state index contributed by atoms with van der Waals surface area (Å²) in [6.07, 6.45) is 47.1. The highest BCUT2D eigenvalue weighted by molar-refractivity contribution is 9.09. The first-order valence-corrected chi connectivity index (χ1v) is 19.0. The second-order valence-electron chi connectivity index (χ2n) is 12.5. The van der Waals surface area contributed by atoms with Crippen LogP contribution >= 0.6 is 15.9 Å². The van der Waals surface area contributed by atoms with Crippen molar-refractivity contribution in [3.63, 3.8) is 0 Å². The van der Waals surface area contributed by atoms with Crippen LogP contribution in [0.5, 0.6) is 0 Å². The van der Waals surface area contributed by atoms with E-state index in [0.717, 1.165) is 5.92 Å². The van der Waals surface area contributed by atoms with Gasteiger partial charge in [0, 0.05) is 5.33 Å². The molecule has 0 aliphatic carbocycles. The smallest absolute Gasteiger partial charge is 0.00314 e. The minimum atomic E-state index is 1.01. The summed E-state index contributed by atoms with van der Waals surface area (Å²) in [7, 11) is 0. The van der Waals surface area contributed by atoms with Crippen molar-refractivity contribution in [3.8, 4) is 0 Å². The van der Waals surface area contributed by atoms with Crippen molar-refractivity contribution in [2.45, 2.75) is 219 Å². The molecule has 0 radical (unpaired) electrons. The summed E-state index contributed by atoms with van der Waals surface area (Å²) < 4.78 is 0. The van der Waals surface area contributed by atoms with E-state index in [1.807, 2.05) is 0 Å². The van der Waals surface area contributed by atoms with Crippen molar-refractivity contribution in [3.05, 3.63) is 0 Å². The molecule has 0 aromatic heterocycles. The van der Waals surface area contributed by atoms with E-state index in [1.54, 1.807) is 0 Å². The average Bonchev–Trinajstić information content (AvgIpc) is 2.91. The maximum absolute atomic E-state index is 3.67. The van der Waals surface area contributed by atoms with Gasteiger partial charge in [0.25, 0.3) is 0 Å². The Labute approximate surface area is 245 Å². The Kier molecular flexibility index (Phi) is 35.0. The number of rotatable bonds is 33. The van der Waals surface area contributed by atoms with Crippen LogP contribution in [-0.2, 0) is 0 Å². The summed E-state index contributed by atoms with van der Waals surface area (Å²) in [5, 5.41) is 1.20. The van der Waals surface area contributed by atoms with Crippen LogP contribution in [0.1, 0.15) is 219 Å². The van der Waals surface area contributed by atoms with Crippen molar-refractivity contribution in [2.75, 3.05) is 5.33 Å². The molecule has 1 heteroatoms. The van der Waals surface area contributed by atoms with Crippen molar-refractivity contribution in [1.82, 2.24) is 0 Å². The van der Waals surface area contributed by atoms with E-state index in [2.05, 4.69) is 29.8 Å². The van der Waals surface area contributed by atoms with Gasteiger partial charge in [0.1, 0.15) is 0 Å². The Morgan fingerprint density at radius 3 is 0.757 bits per heavy atom. The minimum absolute atomic E-state index is 1.01. The van der Waals surface area contributed by atoms with E-state index in [4.69, 9.17) is 0 Å².